The molecule has 5 amide bonds. The molecule has 62 heavy (non-hydrogen) atoms. The Hall–Kier alpha value is -6.35. The molecule has 5 aliphatic heterocycles. The van der Waals surface area contributed by atoms with E-state index in [0.717, 1.165) is 114 Å². The van der Waals surface area contributed by atoms with Gasteiger partial charge in [0.15, 0.2) is 5.82 Å². The van der Waals surface area contributed by atoms with Gasteiger partial charge in [-0.15, -0.1) is 0 Å². The van der Waals surface area contributed by atoms with Crippen LogP contribution in [0.1, 0.15) is 107 Å². The van der Waals surface area contributed by atoms with E-state index in [2.05, 4.69) is 54.6 Å². The molecule has 1 aliphatic carbocycles. The maximum Gasteiger partial charge on any atom is 0.262 e. The second kappa shape index (κ2) is 16.2. The second-order valence-electron chi connectivity index (χ2n) is 17.5. The van der Waals surface area contributed by atoms with E-state index in [1.807, 2.05) is 33.8 Å². The van der Waals surface area contributed by atoms with Crippen molar-refractivity contribution in [2.45, 2.75) is 96.8 Å². The summed E-state index contributed by atoms with van der Waals surface area (Å²) in [6.45, 7) is 6.58. The smallest absolute Gasteiger partial charge is 0.262 e. The number of hydrogen-bond acceptors (Lipinski definition) is 10. The number of nitrogens with one attached hydrogen (secondary N) is 2. The Kier molecular flexibility index (Phi) is 10.4. The summed E-state index contributed by atoms with van der Waals surface area (Å²) >= 11 is 0. The van der Waals surface area contributed by atoms with Crippen molar-refractivity contribution in [2.24, 2.45) is 5.92 Å². The van der Waals surface area contributed by atoms with Gasteiger partial charge in [-0.2, -0.15) is 5.10 Å². The van der Waals surface area contributed by atoms with E-state index in [9.17, 15) is 24.0 Å². The van der Waals surface area contributed by atoms with Crippen molar-refractivity contribution in [1.82, 2.24) is 39.6 Å². The monoisotopic (exact) mass is 837 g/mol. The number of imide groups is 2. The summed E-state index contributed by atoms with van der Waals surface area (Å²) in [4.78, 5) is 73.6. The highest BCUT2D eigenvalue weighted by Crippen LogP contribution is 2.41. The average Bonchev–Trinajstić information content (AvgIpc) is 4.07. The number of H-pyrrole nitrogens is 1. The van der Waals surface area contributed by atoms with Gasteiger partial charge in [0.2, 0.25) is 17.7 Å². The fourth-order valence-corrected chi connectivity index (χ4v) is 10.4. The molecule has 3 aromatic heterocycles. The van der Waals surface area contributed by atoms with Crippen LogP contribution >= 0.6 is 0 Å². The summed E-state index contributed by atoms with van der Waals surface area (Å²) in [6.07, 6.45) is 15.5. The van der Waals surface area contributed by atoms with E-state index < -0.39 is 23.8 Å². The summed E-state index contributed by atoms with van der Waals surface area (Å²) in [6, 6.07) is 11.5. The van der Waals surface area contributed by atoms with E-state index in [1.165, 1.54) is 43.4 Å². The lowest BCUT2D eigenvalue weighted by Gasteiger charge is -2.32. The quantitative estimate of drug-likeness (QED) is 0.203. The van der Waals surface area contributed by atoms with Gasteiger partial charge in [-0.25, -0.2) is 4.98 Å². The molecular weight excluding hydrogens is 787 g/mol. The molecule has 8 heterocycles. The zero-order valence-corrected chi connectivity index (χ0v) is 35.2. The van der Waals surface area contributed by atoms with Crippen LogP contribution in [0.3, 0.4) is 0 Å². The minimum Gasteiger partial charge on any atom is -0.495 e. The van der Waals surface area contributed by atoms with Crippen LogP contribution in [0.4, 0.5) is 11.5 Å². The van der Waals surface area contributed by atoms with Gasteiger partial charge in [0.1, 0.15) is 17.4 Å². The maximum absolute atomic E-state index is 13.0. The van der Waals surface area contributed by atoms with Gasteiger partial charge >= 0.3 is 0 Å². The molecule has 1 saturated carbocycles. The first-order valence-corrected chi connectivity index (χ1v) is 22.0. The number of fused-ring (bicyclic) bond motifs is 5. The number of carbonyl (C=O) groups excluding carboxylic acids is 5. The van der Waals surface area contributed by atoms with Crippen LogP contribution in [-0.4, -0.2) is 96.6 Å². The largest absolute Gasteiger partial charge is 0.495 e. The van der Waals surface area contributed by atoms with Gasteiger partial charge in [-0.3, -0.25) is 44.2 Å². The van der Waals surface area contributed by atoms with Gasteiger partial charge in [0.05, 0.1) is 31.0 Å². The number of aromatic nitrogens is 4. The van der Waals surface area contributed by atoms with E-state index in [1.54, 1.807) is 20.2 Å². The Morgan fingerprint density at radius 1 is 0.839 bits per heavy atom. The predicted octanol–water partition coefficient (Wildman–Crippen LogP) is 5.71. The molecule has 1 unspecified atom stereocenters. The Balaban J connectivity index is 0.000000149. The van der Waals surface area contributed by atoms with Crippen LogP contribution in [-0.2, 0) is 46.9 Å². The summed E-state index contributed by atoms with van der Waals surface area (Å²) in [5.41, 5.74) is 10.8. The minimum atomic E-state index is -0.905. The summed E-state index contributed by atoms with van der Waals surface area (Å²) in [5, 5.41) is 10.1. The van der Waals surface area contributed by atoms with Crippen LogP contribution in [0.25, 0.3) is 16.8 Å². The number of anilines is 2. The zero-order valence-electron chi connectivity index (χ0n) is 35.2. The molecule has 0 radical (unpaired) electrons. The molecule has 6 aliphatic rings. The van der Waals surface area contributed by atoms with Crippen LogP contribution in [0.2, 0.25) is 0 Å². The van der Waals surface area contributed by atoms with Crippen LogP contribution in [0, 0.1) is 5.92 Å². The average molecular weight is 838 g/mol. The topological polar surface area (TPSA) is 166 Å². The molecule has 15 nitrogen and oxygen atoms in total. The first-order chi connectivity index (χ1) is 30.1. The molecule has 0 spiro atoms. The van der Waals surface area contributed by atoms with Crippen molar-refractivity contribution >= 4 is 46.7 Å². The number of methoxy groups -OCH3 is 1. The summed E-state index contributed by atoms with van der Waals surface area (Å²) < 4.78 is 7.65. The van der Waals surface area contributed by atoms with Crippen molar-refractivity contribution < 1.29 is 28.7 Å². The second-order valence-corrected chi connectivity index (χ2v) is 17.5. The molecule has 15 heteroatoms. The first kappa shape index (κ1) is 39.8. The Labute approximate surface area is 359 Å². The number of aromatic amines is 1. The van der Waals surface area contributed by atoms with E-state index >= 15 is 0 Å². The first-order valence-electron chi connectivity index (χ1n) is 22.0. The summed E-state index contributed by atoms with van der Waals surface area (Å²) in [5.74, 6) is 0.846. The Bertz CT molecular complexity index is 2600. The molecule has 2 N–H and O–H groups in total. The number of pyridine rings is 1. The highest BCUT2D eigenvalue weighted by atomic mass is 16.5. The van der Waals surface area contributed by atoms with Gasteiger partial charge < -0.3 is 18.9 Å². The van der Waals surface area contributed by atoms with Gasteiger partial charge in [-0.1, -0.05) is 25.3 Å². The van der Waals surface area contributed by atoms with Crippen molar-refractivity contribution in [3.63, 3.8) is 0 Å². The minimum absolute atomic E-state index is 0.111. The van der Waals surface area contributed by atoms with Crippen molar-refractivity contribution in [3.8, 4) is 16.9 Å². The van der Waals surface area contributed by atoms with Crippen LogP contribution < -0.4 is 15.0 Å². The lowest BCUT2D eigenvalue weighted by atomic mass is 9.89. The van der Waals surface area contributed by atoms with E-state index in [-0.39, 0.29) is 24.7 Å². The standard InChI is InChI=1S/C25H26N6O2.C22H25N3O4/c1-16(32)29-10-7-21-20(14-29)25(28-27-21)31-9-3-4-18-12-17(5-6-22(18)31)19-13-24-26-8-11-30(24)15-23(19)33-2;26-19-7-6-18(20(27)23-19)25-21(28)16-8-14-11-24(10-13-4-2-1-3-5-13)12-15(14)9-17(16)22(25)29/h5-6,8,11-13,15H,3-4,7,9-10,14H2,1-2H3,(H,27,28);8-9,13,18H,1-7,10-12H2,(H,23,26,27). The highest BCUT2D eigenvalue weighted by Gasteiger charge is 2.45. The highest BCUT2D eigenvalue weighted by molar-refractivity contribution is 6.23. The Morgan fingerprint density at radius 2 is 1.61 bits per heavy atom. The molecule has 320 valence electrons. The normalized spacial score (nSPS) is 20.1. The number of benzene rings is 2. The molecule has 1 saturated heterocycles. The number of amides is 5. The van der Waals surface area contributed by atoms with Gasteiger partial charge in [0.25, 0.3) is 11.8 Å². The number of imidazole rings is 1. The molecule has 2 fully saturated rings. The predicted molar refractivity (Wildman–Crippen MR) is 230 cm³/mol. The number of aryl methyl sites for hydroxylation is 1. The molecule has 11 rings (SSSR count). The maximum atomic E-state index is 13.0. The van der Waals surface area contributed by atoms with Crippen molar-refractivity contribution in [2.75, 3.05) is 31.6 Å². The van der Waals surface area contributed by atoms with Crippen LogP contribution in [0.15, 0.2) is 55.0 Å². The number of rotatable bonds is 6. The number of hydrogen-bond donors (Lipinski definition) is 2. The molecule has 0 bridgehead atoms. The molecule has 1 atom stereocenters. The van der Waals surface area contributed by atoms with E-state index in [0.29, 0.717) is 17.7 Å². The number of ether oxygens (including phenoxy) is 1. The van der Waals surface area contributed by atoms with Crippen molar-refractivity contribution in [1.29, 1.82) is 0 Å². The van der Waals surface area contributed by atoms with Gasteiger partial charge in [-0.05, 0) is 90.6 Å². The van der Waals surface area contributed by atoms with Crippen LogP contribution in [0.5, 0.6) is 5.75 Å². The number of piperidine rings is 1. The van der Waals surface area contributed by atoms with E-state index in [4.69, 9.17) is 4.74 Å². The van der Waals surface area contributed by atoms with Gasteiger partial charge in [0, 0.05) is 87.4 Å². The third-order valence-electron chi connectivity index (χ3n) is 13.6. The lowest BCUT2D eigenvalue weighted by molar-refractivity contribution is -0.136. The lowest BCUT2D eigenvalue weighted by Crippen LogP contribution is -2.54. The molecule has 5 aromatic rings. The molecule has 2 aromatic carbocycles. The number of carbonyl (C=O) groups is 5. The number of nitrogens with zero attached hydrogens (tertiary/aromatic N) is 7. The third-order valence-corrected chi connectivity index (χ3v) is 13.6. The summed E-state index contributed by atoms with van der Waals surface area (Å²) in [7, 11) is 1.70. The zero-order chi connectivity index (χ0) is 42.6. The Morgan fingerprint density at radius 3 is 2.34 bits per heavy atom. The fourth-order valence-electron chi connectivity index (χ4n) is 10.4. The third kappa shape index (κ3) is 7.21. The van der Waals surface area contributed by atoms with Crippen molar-refractivity contribution in [3.05, 3.63) is 94.1 Å². The SMILES string of the molecule is COc1cn2ccnc2cc1-c1ccc2c(c1)CCCN2c1n[nH]c2c1CN(C(C)=O)CC2.O=C1CCC(N2C(=O)c3cc4c(cc3C2=O)CN(CC2CCCCC2)C4)C(=O)N1. The molecular formula is C47H51N9O6. The fraction of sp³-hybridized carbons (Fsp3) is 0.426.